The molecule has 4 nitrogen and oxygen atoms in total. The Kier molecular flexibility index (Phi) is 7.67. The van der Waals surface area contributed by atoms with E-state index in [1.165, 1.54) is 6.26 Å². The maximum Gasteiger partial charge on any atom is 0.415 e. The van der Waals surface area contributed by atoms with Crippen LogP contribution in [-0.2, 0) is 4.74 Å². The van der Waals surface area contributed by atoms with E-state index in [0.29, 0.717) is 6.42 Å². The second-order valence-corrected chi connectivity index (χ2v) is 5.14. The molecular weight excluding hydrogens is 230 g/mol. The number of aliphatic hydroxyl groups is 1. The van der Waals surface area contributed by atoms with Gasteiger partial charge in [-0.2, -0.15) is 0 Å². The monoisotopic (exact) mass is 257 g/mol. The minimum absolute atomic E-state index is 0.0191. The molecule has 0 saturated carbocycles. The zero-order chi connectivity index (χ0) is 14.3. The van der Waals surface area contributed by atoms with E-state index in [1.807, 2.05) is 41.5 Å². The largest absolute Gasteiger partial charge is 0.418 e. The lowest BCUT2D eigenvalue weighted by atomic mass is 10.0. The average Bonchev–Trinajstić information content (AvgIpc) is 2.26. The molecule has 106 valence electrons. The summed E-state index contributed by atoms with van der Waals surface area (Å²) in [6.45, 7) is 11.6. The standard InChI is InChI=1S/C14H27NO3/c1-7-13(16)12(6)8-9-18-14(17)15(10(2)3)11(4)5/h8-13,16H,7H2,1-6H3/b9-8-/t12-,13+/m0/s1. The summed E-state index contributed by atoms with van der Waals surface area (Å²) in [7, 11) is 0. The molecule has 18 heavy (non-hydrogen) atoms. The summed E-state index contributed by atoms with van der Waals surface area (Å²) in [6, 6.07) is 0.203. The average molecular weight is 257 g/mol. The normalized spacial score (nSPS) is 15.2. The fraction of sp³-hybridized carbons (Fsp3) is 0.786. The molecule has 2 atom stereocenters. The predicted octanol–water partition coefficient (Wildman–Crippen LogP) is 3.16. The van der Waals surface area contributed by atoms with Crippen LogP contribution in [0.25, 0.3) is 0 Å². The van der Waals surface area contributed by atoms with Gasteiger partial charge in [0.15, 0.2) is 0 Å². The Balaban J connectivity index is 4.36. The van der Waals surface area contributed by atoms with Crippen molar-refractivity contribution in [2.24, 2.45) is 5.92 Å². The number of aliphatic hydroxyl groups excluding tert-OH is 1. The van der Waals surface area contributed by atoms with Crippen LogP contribution in [0.3, 0.4) is 0 Å². The van der Waals surface area contributed by atoms with Gasteiger partial charge >= 0.3 is 6.09 Å². The van der Waals surface area contributed by atoms with Crippen molar-refractivity contribution in [3.63, 3.8) is 0 Å². The van der Waals surface area contributed by atoms with E-state index >= 15 is 0 Å². The molecule has 0 fully saturated rings. The highest BCUT2D eigenvalue weighted by molar-refractivity contribution is 5.68. The highest BCUT2D eigenvalue weighted by Crippen LogP contribution is 2.10. The topological polar surface area (TPSA) is 49.8 Å². The molecule has 1 N–H and O–H groups in total. The summed E-state index contributed by atoms with van der Waals surface area (Å²) in [5.41, 5.74) is 0. The molecule has 0 rings (SSSR count). The number of ether oxygens (including phenoxy) is 1. The summed E-state index contributed by atoms with van der Waals surface area (Å²) < 4.78 is 5.09. The van der Waals surface area contributed by atoms with Crippen LogP contribution in [0.4, 0.5) is 4.79 Å². The van der Waals surface area contributed by atoms with Crippen molar-refractivity contribution in [3.05, 3.63) is 12.3 Å². The molecule has 0 unspecified atom stereocenters. The van der Waals surface area contributed by atoms with Crippen LogP contribution in [-0.4, -0.2) is 34.3 Å². The van der Waals surface area contributed by atoms with Crippen molar-refractivity contribution in [2.75, 3.05) is 0 Å². The van der Waals surface area contributed by atoms with Gasteiger partial charge in [-0.05, 0) is 40.2 Å². The van der Waals surface area contributed by atoms with Crippen LogP contribution < -0.4 is 0 Å². The van der Waals surface area contributed by atoms with Crippen LogP contribution in [0.5, 0.6) is 0 Å². The van der Waals surface area contributed by atoms with Gasteiger partial charge in [-0.3, -0.25) is 0 Å². The molecule has 0 aromatic rings. The third kappa shape index (κ3) is 5.54. The molecule has 4 heteroatoms. The Morgan fingerprint density at radius 2 is 1.72 bits per heavy atom. The molecule has 0 aromatic heterocycles. The van der Waals surface area contributed by atoms with Gasteiger partial charge in [0, 0.05) is 18.0 Å². The number of amides is 1. The van der Waals surface area contributed by atoms with Crippen molar-refractivity contribution in [3.8, 4) is 0 Å². The van der Waals surface area contributed by atoms with Gasteiger partial charge in [0.2, 0.25) is 0 Å². The molecular formula is C14H27NO3. The Morgan fingerprint density at radius 3 is 2.11 bits per heavy atom. The van der Waals surface area contributed by atoms with Crippen LogP contribution in [0.1, 0.15) is 48.0 Å². The lowest BCUT2D eigenvalue weighted by Gasteiger charge is -2.29. The maximum absolute atomic E-state index is 11.8. The first-order valence-corrected chi connectivity index (χ1v) is 6.64. The molecule has 1 amide bonds. The van der Waals surface area contributed by atoms with E-state index in [0.717, 1.165) is 0 Å². The van der Waals surface area contributed by atoms with Gasteiger partial charge < -0.3 is 14.7 Å². The van der Waals surface area contributed by atoms with E-state index in [-0.39, 0.29) is 24.1 Å². The summed E-state index contributed by atoms with van der Waals surface area (Å²) in [6.07, 6.45) is 3.03. The first kappa shape index (κ1) is 17.0. The van der Waals surface area contributed by atoms with E-state index in [1.54, 1.807) is 11.0 Å². The van der Waals surface area contributed by atoms with Gasteiger partial charge in [0.25, 0.3) is 0 Å². The van der Waals surface area contributed by atoms with E-state index in [2.05, 4.69) is 0 Å². The van der Waals surface area contributed by atoms with Crippen molar-refractivity contribution in [1.82, 2.24) is 4.90 Å². The quantitative estimate of drug-likeness (QED) is 0.744. The summed E-state index contributed by atoms with van der Waals surface area (Å²) in [4.78, 5) is 13.5. The predicted molar refractivity (Wildman–Crippen MR) is 73.2 cm³/mol. The second-order valence-electron chi connectivity index (χ2n) is 5.14. The SMILES string of the molecule is CC[C@@H](O)[C@@H](C)/C=C\OC(=O)N(C(C)C)C(C)C. The summed E-state index contributed by atoms with van der Waals surface area (Å²) in [5.74, 6) is -0.0191. The fourth-order valence-electron chi connectivity index (χ4n) is 1.80. The molecule has 0 heterocycles. The Morgan fingerprint density at radius 1 is 1.22 bits per heavy atom. The molecule has 0 aliphatic carbocycles. The zero-order valence-corrected chi connectivity index (χ0v) is 12.4. The summed E-state index contributed by atoms with van der Waals surface area (Å²) in [5, 5.41) is 9.58. The van der Waals surface area contributed by atoms with Crippen molar-refractivity contribution in [2.45, 2.75) is 66.2 Å². The lowest BCUT2D eigenvalue weighted by Crippen LogP contribution is -2.41. The third-order valence-electron chi connectivity index (χ3n) is 2.90. The molecule has 0 saturated heterocycles. The third-order valence-corrected chi connectivity index (χ3v) is 2.90. The molecule has 0 radical (unpaired) electrons. The molecule has 0 aromatic carbocycles. The molecule has 0 aliphatic heterocycles. The zero-order valence-electron chi connectivity index (χ0n) is 12.4. The number of nitrogens with zero attached hydrogens (tertiary/aromatic N) is 1. The Labute approximate surface area is 111 Å². The van der Waals surface area contributed by atoms with Crippen molar-refractivity contribution in [1.29, 1.82) is 0 Å². The molecule has 0 aliphatic rings. The first-order chi connectivity index (χ1) is 8.31. The van der Waals surface area contributed by atoms with E-state index in [4.69, 9.17) is 4.74 Å². The minimum atomic E-state index is -0.397. The lowest BCUT2D eigenvalue weighted by molar-refractivity contribution is 0.106. The van der Waals surface area contributed by atoms with Gasteiger partial charge in [-0.25, -0.2) is 4.79 Å². The van der Waals surface area contributed by atoms with E-state index < -0.39 is 6.10 Å². The number of carbonyl (C=O) groups is 1. The van der Waals surface area contributed by atoms with Gasteiger partial charge in [0.1, 0.15) is 0 Å². The van der Waals surface area contributed by atoms with Gasteiger partial charge in [-0.1, -0.05) is 13.8 Å². The maximum atomic E-state index is 11.8. The highest BCUT2D eigenvalue weighted by Gasteiger charge is 2.20. The number of hydrogen-bond acceptors (Lipinski definition) is 3. The van der Waals surface area contributed by atoms with Crippen LogP contribution >= 0.6 is 0 Å². The van der Waals surface area contributed by atoms with Crippen molar-refractivity contribution >= 4 is 6.09 Å². The van der Waals surface area contributed by atoms with Gasteiger partial charge in [0.05, 0.1) is 12.4 Å². The second kappa shape index (κ2) is 8.14. The number of carbonyl (C=O) groups excluding carboxylic acids is 1. The Hall–Kier alpha value is -1.03. The van der Waals surface area contributed by atoms with Crippen LogP contribution in [0.15, 0.2) is 12.3 Å². The summed E-state index contributed by atoms with van der Waals surface area (Å²) >= 11 is 0. The van der Waals surface area contributed by atoms with Crippen LogP contribution in [0.2, 0.25) is 0 Å². The Bertz CT molecular complexity index is 266. The fourth-order valence-corrected chi connectivity index (χ4v) is 1.80. The van der Waals surface area contributed by atoms with Crippen molar-refractivity contribution < 1.29 is 14.6 Å². The highest BCUT2D eigenvalue weighted by atomic mass is 16.5. The number of hydrogen-bond donors (Lipinski definition) is 1. The molecule has 0 bridgehead atoms. The first-order valence-electron chi connectivity index (χ1n) is 6.64. The van der Waals surface area contributed by atoms with Crippen LogP contribution in [0, 0.1) is 5.92 Å². The van der Waals surface area contributed by atoms with E-state index in [9.17, 15) is 9.90 Å². The smallest absolute Gasteiger partial charge is 0.415 e. The molecule has 0 spiro atoms. The minimum Gasteiger partial charge on any atom is -0.418 e. The van der Waals surface area contributed by atoms with Gasteiger partial charge in [-0.15, -0.1) is 0 Å². The number of rotatable bonds is 6.